The molecule has 0 spiro atoms. The number of thioether (sulfide) groups is 1. The number of hydrogen-bond acceptors (Lipinski definition) is 5. The molecule has 7 nitrogen and oxygen atoms in total. The Morgan fingerprint density at radius 3 is 2.58 bits per heavy atom. The predicted octanol–water partition coefficient (Wildman–Crippen LogP) is 5.38. The molecular formula is C20H16BrCl2F2N5O2S. The highest BCUT2D eigenvalue weighted by Crippen LogP contribution is 2.28. The second-order valence-corrected chi connectivity index (χ2v) is 9.42. The number of hydrogen-bond donors (Lipinski definition) is 2. The lowest BCUT2D eigenvalue weighted by Gasteiger charge is -2.14. The quantitative estimate of drug-likeness (QED) is 0.367. The van der Waals surface area contributed by atoms with Gasteiger partial charge >= 0.3 is 0 Å². The average Bonchev–Trinajstić information content (AvgIpc) is 3.11. The van der Waals surface area contributed by atoms with Crippen molar-refractivity contribution in [3.8, 4) is 0 Å². The third-order valence-corrected chi connectivity index (χ3v) is 6.77. The molecule has 3 rings (SSSR count). The summed E-state index contributed by atoms with van der Waals surface area (Å²) >= 11 is 15.9. The number of carbonyl (C=O) groups is 2. The SMILES string of the molecule is C[C@@H](NC(=O)c1ccc(Cl)c(Cl)c1)c1nnc(SCC(=O)Nc2c(F)cc(F)cc2Br)n1C. The normalized spacial score (nSPS) is 11.8. The van der Waals surface area contributed by atoms with Crippen molar-refractivity contribution in [3.05, 3.63) is 67.9 Å². The van der Waals surface area contributed by atoms with Gasteiger partial charge in [-0.3, -0.25) is 9.59 Å². The van der Waals surface area contributed by atoms with Gasteiger partial charge in [0.15, 0.2) is 16.8 Å². The summed E-state index contributed by atoms with van der Waals surface area (Å²) in [6.07, 6.45) is 0. The van der Waals surface area contributed by atoms with Crippen molar-refractivity contribution in [2.24, 2.45) is 7.05 Å². The maximum absolute atomic E-state index is 13.9. The van der Waals surface area contributed by atoms with Crippen LogP contribution >= 0.6 is 50.9 Å². The number of nitrogens with zero attached hydrogens (tertiary/aromatic N) is 3. The van der Waals surface area contributed by atoms with Gasteiger partial charge in [-0.2, -0.15) is 0 Å². The number of amides is 2. The molecule has 3 aromatic rings. The Morgan fingerprint density at radius 2 is 1.91 bits per heavy atom. The fraction of sp³-hybridized carbons (Fsp3) is 0.200. The van der Waals surface area contributed by atoms with Crippen molar-refractivity contribution in [1.82, 2.24) is 20.1 Å². The topological polar surface area (TPSA) is 88.9 Å². The fourth-order valence-electron chi connectivity index (χ4n) is 2.78. The summed E-state index contributed by atoms with van der Waals surface area (Å²) in [6.45, 7) is 1.73. The van der Waals surface area contributed by atoms with Crippen molar-refractivity contribution in [2.45, 2.75) is 18.1 Å². The predicted molar refractivity (Wildman–Crippen MR) is 127 cm³/mol. The van der Waals surface area contributed by atoms with E-state index in [0.717, 1.165) is 17.8 Å². The molecule has 0 bridgehead atoms. The molecule has 0 saturated heterocycles. The molecule has 0 saturated carbocycles. The minimum absolute atomic E-state index is 0.0887. The van der Waals surface area contributed by atoms with Crippen LogP contribution in [0.1, 0.15) is 29.1 Å². The zero-order valence-electron chi connectivity index (χ0n) is 17.1. The summed E-state index contributed by atoms with van der Waals surface area (Å²) in [5, 5.41) is 14.3. The highest BCUT2D eigenvalue weighted by Gasteiger charge is 2.20. The molecule has 1 aromatic heterocycles. The monoisotopic (exact) mass is 577 g/mol. The molecule has 0 fully saturated rings. The Kier molecular flexibility index (Phi) is 8.33. The third-order valence-electron chi connectivity index (χ3n) is 4.39. The van der Waals surface area contributed by atoms with Crippen molar-refractivity contribution in [2.75, 3.05) is 11.1 Å². The van der Waals surface area contributed by atoms with Gasteiger partial charge in [0.05, 0.1) is 27.5 Å². The minimum Gasteiger partial charge on any atom is -0.342 e. The van der Waals surface area contributed by atoms with Gasteiger partial charge in [-0.1, -0.05) is 35.0 Å². The lowest BCUT2D eigenvalue weighted by Crippen LogP contribution is -2.28. The van der Waals surface area contributed by atoms with E-state index in [9.17, 15) is 18.4 Å². The zero-order valence-corrected chi connectivity index (χ0v) is 21.0. The summed E-state index contributed by atoms with van der Waals surface area (Å²) in [6, 6.07) is 5.77. The van der Waals surface area contributed by atoms with Crippen LogP contribution in [0.5, 0.6) is 0 Å². The number of carbonyl (C=O) groups excluding carboxylic acids is 2. The summed E-state index contributed by atoms with van der Waals surface area (Å²) in [7, 11) is 1.69. The van der Waals surface area contributed by atoms with E-state index < -0.39 is 23.6 Å². The molecule has 33 heavy (non-hydrogen) atoms. The maximum Gasteiger partial charge on any atom is 0.251 e. The van der Waals surface area contributed by atoms with E-state index in [-0.39, 0.29) is 26.8 Å². The van der Waals surface area contributed by atoms with Crippen LogP contribution < -0.4 is 10.6 Å². The van der Waals surface area contributed by atoms with Gasteiger partial charge in [0.2, 0.25) is 5.91 Å². The first-order chi connectivity index (χ1) is 15.6. The number of aromatic nitrogens is 3. The first-order valence-electron chi connectivity index (χ1n) is 9.29. The highest BCUT2D eigenvalue weighted by atomic mass is 79.9. The van der Waals surface area contributed by atoms with Gasteiger partial charge in [-0.15, -0.1) is 10.2 Å². The summed E-state index contributed by atoms with van der Waals surface area (Å²) in [4.78, 5) is 24.7. The Morgan fingerprint density at radius 1 is 1.18 bits per heavy atom. The number of anilines is 1. The molecule has 13 heteroatoms. The number of benzene rings is 2. The maximum atomic E-state index is 13.9. The van der Waals surface area contributed by atoms with E-state index in [1.54, 1.807) is 24.6 Å². The number of nitrogens with one attached hydrogen (secondary N) is 2. The van der Waals surface area contributed by atoms with Gasteiger partial charge in [-0.05, 0) is 47.1 Å². The minimum atomic E-state index is -0.896. The molecule has 1 heterocycles. The van der Waals surface area contributed by atoms with Crippen LogP contribution in [0.15, 0.2) is 40.0 Å². The van der Waals surface area contributed by atoms with Crippen LogP contribution in [-0.2, 0) is 11.8 Å². The Balaban J connectivity index is 1.61. The highest BCUT2D eigenvalue weighted by molar-refractivity contribution is 9.10. The van der Waals surface area contributed by atoms with Gasteiger partial charge in [0.25, 0.3) is 5.91 Å². The van der Waals surface area contributed by atoms with Gasteiger partial charge in [0, 0.05) is 23.2 Å². The Bertz CT molecular complexity index is 1200. The van der Waals surface area contributed by atoms with E-state index in [0.29, 0.717) is 27.6 Å². The first-order valence-corrected chi connectivity index (χ1v) is 11.8. The van der Waals surface area contributed by atoms with Crippen LogP contribution in [0, 0.1) is 11.6 Å². The van der Waals surface area contributed by atoms with Gasteiger partial charge < -0.3 is 15.2 Å². The fourth-order valence-corrected chi connectivity index (χ4v) is 4.30. The van der Waals surface area contributed by atoms with E-state index in [2.05, 4.69) is 36.8 Å². The van der Waals surface area contributed by atoms with E-state index in [4.69, 9.17) is 23.2 Å². The summed E-state index contributed by atoms with van der Waals surface area (Å²) in [5.74, 6) is -2.19. The van der Waals surface area contributed by atoms with Crippen LogP contribution in [0.3, 0.4) is 0 Å². The molecule has 2 N–H and O–H groups in total. The number of rotatable bonds is 7. The molecule has 2 amide bonds. The van der Waals surface area contributed by atoms with Crippen molar-refractivity contribution >= 4 is 68.4 Å². The lowest BCUT2D eigenvalue weighted by molar-refractivity contribution is -0.113. The van der Waals surface area contributed by atoms with Crippen molar-refractivity contribution in [3.63, 3.8) is 0 Å². The second-order valence-electron chi connectivity index (χ2n) is 6.81. The van der Waals surface area contributed by atoms with Crippen LogP contribution in [-0.4, -0.2) is 32.3 Å². The second kappa shape index (κ2) is 10.8. The molecule has 2 aromatic carbocycles. The molecular weight excluding hydrogens is 563 g/mol. The Hall–Kier alpha value is -2.21. The summed E-state index contributed by atoms with van der Waals surface area (Å²) < 4.78 is 28.8. The molecule has 0 aliphatic rings. The van der Waals surface area contributed by atoms with E-state index >= 15 is 0 Å². The molecule has 0 aliphatic carbocycles. The molecule has 0 radical (unpaired) electrons. The summed E-state index contributed by atoms with van der Waals surface area (Å²) in [5.41, 5.74) is 0.183. The van der Waals surface area contributed by atoms with E-state index in [1.807, 2.05) is 0 Å². The van der Waals surface area contributed by atoms with Crippen LogP contribution in [0.4, 0.5) is 14.5 Å². The third kappa shape index (κ3) is 6.23. The molecule has 0 aliphatic heterocycles. The molecule has 1 atom stereocenters. The van der Waals surface area contributed by atoms with Gasteiger partial charge in [0.1, 0.15) is 5.82 Å². The average molecular weight is 579 g/mol. The lowest BCUT2D eigenvalue weighted by atomic mass is 10.2. The number of halogens is 5. The van der Waals surface area contributed by atoms with E-state index in [1.165, 1.54) is 12.1 Å². The van der Waals surface area contributed by atoms with Crippen LogP contribution in [0.2, 0.25) is 10.0 Å². The molecule has 174 valence electrons. The van der Waals surface area contributed by atoms with Crippen LogP contribution in [0.25, 0.3) is 0 Å². The van der Waals surface area contributed by atoms with Gasteiger partial charge in [-0.25, -0.2) is 8.78 Å². The zero-order chi connectivity index (χ0) is 24.3. The van der Waals surface area contributed by atoms with Crippen molar-refractivity contribution < 1.29 is 18.4 Å². The molecule has 0 unspecified atom stereocenters. The largest absolute Gasteiger partial charge is 0.342 e. The van der Waals surface area contributed by atoms with Crippen molar-refractivity contribution in [1.29, 1.82) is 0 Å². The standard InChI is InChI=1S/C20H16BrCl2F2N5O2S/c1-9(26-19(32)10-3-4-13(22)14(23)5-10)18-28-29-20(30(18)2)33-8-16(31)27-17-12(21)6-11(24)7-15(17)25/h3-7,9H,8H2,1-2H3,(H,26,32)(H,27,31)/t9-/m1/s1. The Labute approximate surface area is 210 Å². The smallest absolute Gasteiger partial charge is 0.251 e. The first kappa shape index (κ1) is 25.4.